The van der Waals surface area contributed by atoms with Crippen molar-refractivity contribution in [2.45, 2.75) is 13.5 Å². The van der Waals surface area contributed by atoms with Crippen molar-refractivity contribution in [3.63, 3.8) is 0 Å². The Morgan fingerprint density at radius 2 is 1.70 bits per heavy atom. The van der Waals surface area contributed by atoms with Gasteiger partial charge in [0.2, 0.25) is 5.95 Å². The van der Waals surface area contributed by atoms with E-state index < -0.39 is 0 Å². The van der Waals surface area contributed by atoms with Crippen molar-refractivity contribution in [1.82, 2.24) is 9.97 Å². The molecular formula is C22H19FN4. The zero-order chi connectivity index (χ0) is 18.6. The fourth-order valence-electron chi connectivity index (χ4n) is 2.85. The van der Waals surface area contributed by atoms with Gasteiger partial charge in [-0.25, -0.2) is 9.37 Å². The molecule has 1 aromatic heterocycles. The van der Waals surface area contributed by atoms with Crippen LogP contribution in [0.3, 0.4) is 0 Å². The van der Waals surface area contributed by atoms with E-state index in [1.54, 1.807) is 12.1 Å². The molecule has 0 saturated carbocycles. The number of hydrogen-bond acceptors (Lipinski definition) is 4. The number of rotatable bonds is 5. The van der Waals surface area contributed by atoms with Gasteiger partial charge in [0, 0.05) is 17.6 Å². The molecule has 4 aromatic rings. The van der Waals surface area contributed by atoms with Crippen LogP contribution in [0.1, 0.15) is 11.1 Å². The minimum atomic E-state index is -0.307. The summed E-state index contributed by atoms with van der Waals surface area (Å²) in [5.74, 6) is 0.851. The van der Waals surface area contributed by atoms with Crippen LogP contribution in [-0.4, -0.2) is 9.97 Å². The number of anilines is 3. The molecule has 5 heteroatoms. The van der Waals surface area contributed by atoms with E-state index >= 15 is 0 Å². The molecule has 0 spiro atoms. The minimum absolute atomic E-state index is 0.307. The first-order valence-electron chi connectivity index (χ1n) is 8.76. The first-order valence-corrected chi connectivity index (χ1v) is 8.76. The van der Waals surface area contributed by atoms with Gasteiger partial charge in [-0.05, 0) is 42.8 Å². The first-order chi connectivity index (χ1) is 13.2. The predicted molar refractivity (Wildman–Crippen MR) is 108 cm³/mol. The van der Waals surface area contributed by atoms with Crippen molar-refractivity contribution in [3.05, 3.63) is 89.7 Å². The zero-order valence-corrected chi connectivity index (χ0v) is 14.9. The molecule has 134 valence electrons. The summed E-state index contributed by atoms with van der Waals surface area (Å²) in [5, 5.41) is 7.42. The fraction of sp³-hybridized carbons (Fsp3) is 0.0909. The largest absolute Gasteiger partial charge is 0.365 e. The summed E-state index contributed by atoms with van der Waals surface area (Å²) >= 11 is 0. The standard InChI is InChI=1S/C22H19FN4/c1-15-9-11-16(12-10-15)14-24-21-19-7-2-3-8-20(19)26-22(27-21)25-18-6-4-5-17(23)13-18/h2-13H,14H2,1H3,(H2,24,25,26,27). The summed E-state index contributed by atoms with van der Waals surface area (Å²) in [5.41, 5.74) is 3.82. The van der Waals surface area contributed by atoms with Crippen molar-refractivity contribution < 1.29 is 4.39 Å². The number of para-hydroxylation sites is 1. The molecule has 27 heavy (non-hydrogen) atoms. The van der Waals surface area contributed by atoms with Gasteiger partial charge in [0.1, 0.15) is 11.6 Å². The van der Waals surface area contributed by atoms with Crippen molar-refractivity contribution in [1.29, 1.82) is 0 Å². The van der Waals surface area contributed by atoms with E-state index in [0.29, 0.717) is 18.2 Å². The Labute approximate surface area is 157 Å². The molecular weight excluding hydrogens is 339 g/mol. The molecule has 0 radical (unpaired) electrons. The van der Waals surface area contributed by atoms with Gasteiger partial charge in [-0.15, -0.1) is 0 Å². The number of halogens is 1. The zero-order valence-electron chi connectivity index (χ0n) is 14.9. The number of aryl methyl sites for hydroxylation is 1. The van der Waals surface area contributed by atoms with E-state index in [2.05, 4.69) is 51.8 Å². The van der Waals surface area contributed by atoms with E-state index in [4.69, 9.17) is 0 Å². The van der Waals surface area contributed by atoms with E-state index in [9.17, 15) is 4.39 Å². The van der Waals surface area contributed by atoms with Crippen LogP contribution in [-0.2, 0) is 6.54 Å². The summed E-state index contributed by atoms with van der Waals surface area (Å²) < 4.78 is 13.4. The van der Waals surface area contributed by atoms with Crippen LogP contribution in [0.15, 0.2) is 72.8 Å². The van der Waals surface area contributed by atoms with Crippen LogP contribution in [0.5, 0.6) is 0 Å². The molecule has 2 N–H and O–H groups in total. The van der Waals surface area contributed by atoms with Crippen LogP contribution in [0.4, 0.5) is 21.8 Å². The SMILES string of the molecule is Cc1ccc(CNc2nc(Nc3cccc(F)c3)nc3ccccc23)cc1. The van der Waals surface area contributed by atoms with Crippen molar-refractivity contribution in [2.24, 2.45) is 0 Å². The van der Waals surface area contributed by atoms with E-state index in [1.807, 2.05) is 24.3 Å². The number of benzene rings is 3. The highest BCUT2D eigenvalue weighted by Gasteiger charge is 2.08. The Kier molecular flexibility index (Phi) is 4.66. The summed E-state index contributed by atoms with van der Waals surface area (Å²) in [6, 6.07) is 22.4. The second-order valence-electron chi connectivity index (χ2n) is 6.39. The normalized spacial score (nSPS) is 10.7. The molecule has 0 aliphatic carbocycles. The molecule has 3 aromatic carbocycles. The van der Waals surface area contributed by atoms with Crippen LogP contribution >= 0.6 is 0 Å². The molecule has 1 heterocycles. The summed E-state index contributed by atoms with van der Waals surface area (Å²) in [4.78, 5) is 9.15. The summed E-state index contributed by atoms with van der Waals surface area (Å²) in [6.45, 7) is 2.72. The van der Waals surface area contributed by atoms with Gasteiger partial charge in [0.15, 0.2) is 0 Å². The third kappa shape index (κ3) is 4.03. The van der Waals surface area contributed by atoms with Gasteiger partial charge in [0.05, 0.1) is 5.52 Å². The van der Waals surface area contributed by atoms with Crippen LogP contribution in [0.2, 0.25) is 0 Å². The summed E-state index contributed by atoms with van der Waals surface area (Å²) in [7, 11) is 0. The number of hydrogen-bond donors (Lipinski definition) is 2. The molecule has 0 bridgehead atoms. The lowest BCUT2D eigenvalue weighted by atomic mass is 10.1. The lowest BCUT2D eigenvalue weighted by molar-refractivity contribution is 0.628. The number of nitrogens with one attached hydrogen (secondary N) is 2. The van der Waals surface area contributed by atoms with Gasteiger partial charge < -0.3 is 10.6 Å². The molecule has 0 fully saturated rings. The third-order valence-corrected chi connectivity index (χ3v) is 4.26. The topological polar surface area (TPSA) is 49.8 Å². The second-order valence-corrected chi connectivity index (χ2v) is 6.39. The first kappa shape index (κ1) is 17.0. The van der Waals surface area contributed by atoms with Crippen molar-refractivity contribution in [2.75, 3.05) is 10.6 Å². The Morgan fingerprint density at radius 3 is 2.52 bits per heavy atom. The monoisotopic (exact) mass is 358 g/mol. The highest BCUT2D eigenvalue weighted by Crippen LogP contribution is 2.24. The van der Waals surface area contributed by atoms with Crippen LogP contribution in [0, 0.1) is 12.7 Å². The highest BCUT2D eigenvalue weighted by molar-refractivity contribution is 5.90. The molecule has 0 unspecified atom stereocenters. The third-order valence-electron chi connectivity index (χ3n) is 4.26. The lowest BCUT2D eigenvalue weighted by Crippen LogP contribution is -2.06. The molecule has 0 aliphatic rings. The van der Waals surface area contributed by atoms with Crippen molar-refractivity contribution in [3.8, 4) is 0 Å². The van der Waals surface area contributed by atoms with Gasteiger partial charge in [-0.2, -0.15) is 4.98 Å². The maximum Gasteiger partial charge on any atom is 0.229 e. The van der Waals surface area contributed by atoms with Crippen LogP contribution < -0.4 is 10.6 Å². The molecule has 4 nitrogen and oxygen atoms in total. The Morgan fingerprint density at radius 1 is 0.889 bits per heavy atom. The molecule has 0 aliphatic heterocycles. The lowest BCUT2D eigenvalue weighted by Gasteiger charge is -2.12. The molecule has 4 rings (SSSR count). The quantitative estimate of drug-likeness (QED) is 0.499. The highest BCUT2D eigenvalue weighted by atomic mass is 19.1. The van der Waals surface area contributed by atoms with Gasteiger partial charge in [0.25, 0.3) is 0 Å². The second kappa shape index (κ2) is 7.41. The minimum Gasteiger partial charge on any atom is -0.365 e. The average molecular weight is 358 g/mol. The molecule has 0 atom stereocenters. The van der Waals surface area contributed by atoms with E-state index in [1.165, 1.54) is 23.3 Å². The van der Waals surface area contributed by atoms with E-state index in [0.717, 1.165) is 16.7 Å². The fourth-order valence-corrected chi connectivity index (χ4v) is 2.85. The van der Waals surface area contributed by atoms with Crippen molar-refractivity contribution >= 4 is 28.4 Å². The Balaban J connectivity index is 1.64. The van der Waals surface area contributed by atoms with Gasteiger partial charge in [-0.3, -0.25) is 0 Å². The maximum absolute atomic E-state index is 13.4. The molecule has 0 amide bonds. The average Bonchev–Trinajstić information content (AvgIpc) is 2.67. The summed E-state index contributed by atoms with van der Waals surface area (Å²) in [6.07, 6.45) is 0. The number of aromatic nitrogens is 2. The molecule has 0 saturated heterocycles. The Bertz CT molecular complexity index is 1080. The van der Waals surface area contributed by atoms with Crippen LogP contribution in [0.25, 0.3) is 10.9 Å². The maximum atomic E-state index is 13.4. The van der Waals surface area contributed by atoms with E-state index in [-0.39, 0.29) is 5.82 Å². The number of nitrogens with zero attached hydrogens (tertiary/aromatic N) is 2. The smallest absolute Gasteiger partial charge is 0.229 e. The van der Waals surface area contributed by atoms with Gasteiger partial charge >= 0.3 is 0 Å². The predicted octanol–water partition coefficient (Wildman–Crippen LogP) is 5.43. The number of fused-ring (bicyclic) bond motifs is 1. The Hall–Kier alpha value is -3.47. The van der Waals surface area contributed by atoms with Gasteiger partial charge in [-0.1, -0.05) is 48.0 Å².